The van der Waals surface area contributed by atoms with E-state index in [1.807, 2.05) is 0 Å². The lowest BCUT2D eigenvalue weighted by molar-refractivity contribution is -0.139. The van der Waals surface area contributed by atoms with Gasteiger partial charge in [0.15, 0.2) is 0 Å². The number of carboxylic acids is 1. The molecule has 1 unspecified atom stereocenters. The molecule has 0 spiro atoms. The summed E-state index contributed by atoms with van der Waals surface area (Å²) in [5.41, 5.74) is 0. The van der Waals surface area contributed by atoms with Gasteiger partial charge in [-0.1, -0.05) is 11.8 Å². The van der Waals surface area contributed by atoms with Crippen molar-refractivity contribution in [1.29, 1.82) is 0 Å². The van der Waals surface area contributed by atoms with Gasteiger partial charge < -0.3 is 5.11 Å². The molecule has 0 saturated carbocycles. The summed E-state index contributed by atoms with van der Waals surface area (Å²) in [6.45, 7) is 0.141. The van der Waals surface area contributed by atoms with Crippen molar-refractivity contribution in [1.82, 2.24) is 4.90 Å². The van der Waals surface area contributed by atoms with Gasteiger partial charge in [-0.15, -0.1) is 11.6 Å². The lowest BCUT2D eigenvalue weighted by Gasteiger charge is -2.10. The number of amides is 2. The fourth-order valence-electron chi connectivity index (χ4n) is 1.07. The van der Waals surface area contributed by atoms with Gasteiger partial charge in [0.25, 0.3) is 5.24 Å². The van der Waals surface area contributed by atoms with Gasteiger partial charge in [-0.25, -0.2) is 0 Å². The monoisotopic (exact) mass is 237 g/mol. The molecule has 5 nitrogen and oxygen atoms in total. The quantitative estimate of drug-likeness (QED) is 0.731. The number of aliphatic carboxylic acids is 1. The summed E-state index contributed by atoms with van der Waals surface area (Å²) in [5.74, 6) is -1.38. The molecule has 1 aliphatic heterocycles. The lowest BCUT2D eigenvalue weighted by atomic mass is 10.3. The maximum atomic E-state index is 11.4. The molecular weight excluding hydrogens is 230 g/mol. The van der Waals surface area contributed by atoms with Gasteiger partial charge in [0.05, 0.1) is 6.42 Å². The summed E-state index contributed by atoms with van der Waals surface area (Å²) < 4.78 is 0. The largest absolute Gasteiger partial charge is 0.481 e. The van der Waals surface area contributed by atoms with E-state index in [1.165, 1.54) is 0 Å². The van der Waals surface area contributed by atoms with Crippen LogP contribution in [0.2, 0.25) is 0 Å². The van der Waals surface area contributed by atoms with Gasteiger partial charge in [-0.2, -0.15) is 0 Å². The van der Waals surface area contributed by atoms with Crippen molar-refractivity contribution >= 4 is 40.5 Å². The zero-order chi connectivity index (χ0) is 10.7. The molecule has 0 radical (unpaired) electrons. The Bertz CT molecular complexity index is 283. The van der Waals surface area contributed by atoms with Crippen LogP contribution in [0.25, 0.3) is 0 Å². The molecule has 1 saturated heterocycles. The first-order valence-corrected chi connectivity index (χ1v) is 5.27. The fraction of sp³-hybridized carbons (Fsp3) is 0.571. The zero-order valence-electron chi connectivity index (χ0n) is 7.10. The van der Waals surface area contributed by atoms with Crippen LogP contribution in [0.15, 0.2) is 0 Å². The molecule has 0 aromatic rings. The van der Waals surface area contributed by atoms with Crippen LogP contribution in [0.1, 0.15) is 6.42 Å². The van der Waals surface area contributed by atoms with Crippen LogP contribution in [0.5, 0.6) is 0 Å². The molecule has 0 aromatic heterocycles. The van der Waals surface area contributed by atoms with E-state index in [9.17, 15) is 14.4 Å². The van der Waals surface area contributed by atoms with E-state index < -0.39 is 22.4 Å². The average Bonchev–Trinajstić information content (AvgIpc) is 2.32. The predicted octanol–water partition coefficient (Wildman–Crippen LogP) is 0.764. The third-order valence-corrected chi connectivity index (χ3v) is 2.92. The van der Waals surface area contributed by atoms with Crippen molar-refractivity contribution < 1.29 is 19.5 Å². The van der Waals surface area contributed by atoms with E-state index in [0.717, 1.165) is 16.7 Å². The Morgan fingerprint density at radius 3 is 2.71 bits per heavy atom. The second kappa shape index (κ2) is 4.65. The molecule has 2 amide bonds. The Balaban J connectivity index is 2.64. The minimum Gasteiger partial charge on any atom is -0.481 e. The molecule has 7 heteroatoms. The highest BCUT2D eigenvalue weighted by molar-refractivity contribution is 8.15. The van der Waals surface area contributed by atoms with E-state index in [-0.39, 0.29) is 18.8 Å². The topological polar surface area (TPSA) is 74.7 Å². The Morgan fingerprint density at radius 2 is 2.21 bits per heavy atom. The second-order valence-corrected chi connectivity index (χ2v) is 4.18. The number of carbonyl (C=O) groups is 3. The van der Waals surface area contributed by atoms with Gasteiger partial charge in [0.1, 0.15) is 5.25 Å². The molecule has 1 heterocycles. The summed E-state index contributed by atoms with van der Waals surface area (Å²) in [4.78, 5) is 33.9. The lowest BCUT2D eigenvalue weighted by Crippen LogP contribution is -2.33. The van der Waals surface area contributed by atoms with Crippen molar-refractivity contribution in [3.8, 4) is 0 Å². The average molecular weight is 238 g/mol. The first-order valence-electron chi connectivity index (χ1n) is 3.86. The molecule has 1 fully saturated rings. The Hall–Kier alpha value is -0.750. The minimum atomic E-state index is -1.09. The van der Waals surface area contributed by atoms with E-state index in [2.05, 4.69) is 0 Å². The van der Waals surface area contributed by atoms with Crippen molar-refractivity contribution in [2.75, 3.05) is 12.4 Å². The molecule has 1 aliphatic rings. The number of alkyl halides is 1. The van der Waals surface area contributed by atoms with Crippen molar-refractivity contribution in [3.05, 3.63) is 0 Å². The van der Waals surface area contributed by atoms with Crippen molar-refractivity contribution in [2.45, 2.75) is 11.7 Å². The maximum Gasteiger partial charge on any atom is 0.305 e. The highest BCUT2D eigenvalue weighted by atomic mass is 35.5. The number of carboxylic acid groups (broad SMARTS) is 1. The molecule has 0 aliphatic carbocycles. The maximum absolute atomic E-state index is 11.4. The second-order valence-electron chi connectivity index (χ2n) is 2.65. The summed E-state index contributed by atoms with van der Waals surface area (Å²) in [6.07, 6.45) is -0.325. The normalized spacial score (nSPS) is 21.8. The van der Waals surface area contributed by atoms with Crippen LogP contribution in [0, 0.1) is 0 Å². The Morgan fingerprint density at radius 1 is 1.57 bits per heavy atom. The molecule has 14 heavy (non-hydrogen) atoms. The summed E-state index contributed by atoms with van der Waals surface area (Å²) >= 11 is 6.14. The minimum absolute atomic E-state index is 0.141. The number of hydrogen-bond acceptors (Lipinski definition) is 4. The number of halogens is 1. The van der Waals surface area contributed by atoms with Gasteiger partial charge >= 0.3 is 5.97 Å². The van der Waals surface area contributed by atoms with E-state index in [0.29, 0.717) is 0 Å². The third-order valence-electron chi connectivity index (χ3n) is 1.67. The van der Waals surface area contributed by atoms with Gasteiger partial charge in [0, 0.05) is 12.4 Å². The highest BCUT2D eigenvalue weighted by Crippen LogP contribution is 2.28. The van der Waals surface area contributed by atoms with Crippen molar-refractivity contribution in [2.24, 2.45) is 0 Å². The van der Waals surface area contributed by atoms with Crippen LogP contribution < -0.4 is 0 Å². The van der Waals surface area contributed by atoms with Gasteiger partial charge in [-0.05, 0) is 0 Å². The molecule has 1 rings (SSSR count). The SMILES string of the molecule is O=C(O)CC1SC(=O)N(CCCl)C1=O. The number of nitrogens with zero attached hydrogens (tertiary/aromatic N) is 1. The van der Waals surface area contributed by atoms with E-state index in [4.69, 9.17) is 16.7 Å². The standard InChI is InChI=1S/C7H8ClNO4S/c8-1-2-9-6(12)4(3-5(10)11)14-7(9)13/h4H,1-3H2,(H,10,11). The van der Waals surface area contributed by atoms with Crippen molar-refractivity contribution in [3.63, 3.8) is 0 Å². The summed E-state index contributed by atoms with van der Waals surface area (Å²) in [6, 6.07) is 0. The summed E-state index contributed by atoms with van der Waals surface area (Å²) in [5, 5.41) is 7.27. The first-order chi connectivity index (χ1) is 6.56. The number of rotatable bonds is 4. The Kier molecular flexibility index (Phi) is 3.77. The predicted molar refractivity (Wildman–Crippen MR) is 51.5 cm³/mol. The van der Waals surface area contributed by atoms with Crippen LogP contribution in [0.3, 0.4) is 0 Å². The van der Waals surface area contributed by atoms with Gasteiger partial charge in [-0.3, -0.25) is 19.3 Å². The number of hydrogen-bond donors (Lipinski definition) is 1. The van der Waals surface area contributed by atoms with E-state index in [1.54, 1.807) is 0 Å². The number of thioether (sulfide) groups is 1. The molecule has 78 valence electrons. The summed E-state index contributed by atoms with van der Waals surface area (Å²) in [7, 11) is 0. The highest BCUT2D eigenvalue weighted by Gasteiger charge is 2.40. The van der Waals surface area contributed by atoms with Crippen LogP contribution in [0.4, 0.5) is 4.79 Å². The molecule has 1 N–H and O–H groups in total. The van der Waals surface area contributed by atoms with Crippen LogP contribution in [-0.4, -0.2) is 44.8 Å². The molecular formula is C7H8ClNO4S. The number of carbonyl (C=O) groups excluding carboxylic acids is 2. The van der Waals surface area contributed by atoms with Crippen LogP contribution >= 0.6 is 23.4 Å². The smallest absolute Gasteiger partial charge is 0.305 e. The Labute approximate surface area is 89.4 Å². The van der Waals surface area contributed by atoms with Gasteiger partial charge in [0.2, 0.25) is 5.91 Å². The molecule has 0 aromatic carbocycles. The fourth-order valence-corrected chi connectivity index (χ4v) is 2.25. The van der Waals surface area contributed by atoms with E-state index >= 15 is 0 Å². The third kappa shape index (κ3) is 2.39. The zero-order valence-corrected chi connectivity index (χ0v) is 8.68. The van der Waals surface area contributed by atoms with Crippen LogP contribution in [-0.2, 0) is 9.59 Å². The molecule has 0 bridgehead atoms. The number of imide groups is 1. The first kappa shape index (κ1) is 11.3. The molecule has 1 atom stereocenters.